The normalized spacial score (nSPS) is 31.2. The van der Waals surface area contributed by atoms with Crippen molar-refractivity contribution in [3.8, 4) is 0 Å². The largest absolute Gasteiger partial charge is 0.312 e. The SMILES string of the molecule is CC(C)NC1CC(F)C1.Cl. The zero-order chi connectivity index (χ0) is 6.85. The lowest BCUT2D eigenvalue weighted by Crippen LogP contribution is -2.45. The van der Waals surface area contributed by atoms with Gasteiger partial charge >= 0.3 is 0 Å². The van der Waals surface area contributed by atoms with Gasteiger partial charge in [0.25, 0.3) is 0 Å². The van der Waals surface area contributed by atoms with Crippen molar-refractivity contribution in [2.45, 2.75) is 44.9 Å². The number of hydrogen-bond acceptors (Lipinski definition) is 1. The van der Waals surface area contributed by atoms with Gasteiger partial charge in [-0.15, -0.1) is 12.4 Å². The minimum absolute atomic E-state index is 0. The van der Waals surface area contributed by atoms with Crippen LogP contribution in [0.15, 0.2) is 0 Å². The van der Waals surface area contributed by atoms with Crippen molar-refractivity contribution in [1.29, 1.82) is 0 Å². The van der Waals surface area contributed by atoms with E-state index in [1.165, 1.54) is 0 Å². The van der Waals surface area contributed by atoms with Crippen molar-refractivity contribution in [1.82, 2.24) is 5.32 Å². The first kappa shape index (κ1) is 10.2. The van der Waals surface area contributed by atoms with Crippen molar-refractivity contribution in [2.75, 3.05) is 0 Å². The van der Waals surface area contributed by atoms with E-state index in [4.69, 9.17) is 0 Å². The Morgan fingerprint density at radius 1 is 1.40 bits per heavy atom. The van der Waals surface area contributed by atoms with E-state index < -0.39 is 6.17 Å². The molecular weight excluding hydrogens is 153 g/mol. The maximum absolute atomic E-state index is 12.2. The van der Waals surface area contributed by atoms with Gasteiger partial charge in [0, 0.05) is 12.1 Å². The highest BCUT2D eigenvalue weighted by Crippen LogP contribution is 2.23. The van der Waals surface area contributed by atoms with Crippen LogP contribution in [0, 0.1) is 0 Å². The van der Waals surface area contributed by atoms with E-state index in [1.807, 2.05) is 0 Å². The monoisotopic (exact) mass is 167 g/mol. The summed E-state index contributed by atoms with van der Waals surface area (Å²) in [6, 6.07) is 0.961. The number of hydrogen-bond donors (Lipinski definition) is 1. The summed E-state index contributed by atoms with van der Waals surface area (Å²) in [5.41, 5.74) is 0. The van der Waals surface area contributed by atoms with E-state index in [0.29, 0.717) is 12.1 Å². The Morgan fingerprint density at radius 2 is 1.90 bits per heavy atom. The van der Waals surface area contributed by atoms with Crippen LogP contribution in [0.5, 0.6) is 0 Å². The second kappa shape index (κ2) is 4.14. The third-order valence-corrected chi connectivity index (χ3v) is 1.65. The van der Waals surface area contributed by atoms with Crippen LogP contribution < -0.4 is 5.32 Å². The molecule has 0 aromatic carbocycles. The molecule has 0 bridgehead atoms. The summed E-state index contributed by atoms with van der Waals surface area (Å²) in [7, 11) is 0. The van der Waals surface area contributed by atoms with Crippen molar-refractivity contribution < 1.29 is 4.39 Å². The van der Waals surface area contributed by atoms with Gasteiger partial charge in [-0.2, -0.15) is 0 Å². The van der Waals surface area contributed by atoms with Crippen LogP contribution in [-0.2, 0) is 0 Å². The Bertz CT molecular complexity index is 91.6. The van der Waals surface area contributed by atoms with Crippen LogP contribution >= 0.6 is 12.4 Å². The molecule has 1 aliphatic rings. The Kier molecular flexibility index (Phi) is 4.22. The minimum Gasteiger partial charge on any atom is -0.312 e. The summed E-state index contributed by atoms with van der Waals surface area (Å²) in [6.07, 6.45) is 0.914. The Balaban J connectivity index is 0.000000810. The van der Waals surface area contributed by atoms with Gasteiger partial charge in [-0.3, -0.25) is 0 Å². The van der Waals surface area contributed by atoms with Crippen LogP contribution in [0.3, 0.4) is 0 Å². The van der Waals surface area contributed by atoms with Crippen LogP contribution in [0.25, 0.3) is 0 Å². The highest BCUT2D eigenvalue weighted by molar-refractivity contribution is 5.85. The zero-order valence-corrected chi connectivity index (χ0v) is 7.25. The first-order chi connectivity index (χ1) is 4.18. The molecular formula is C7H15ClFN. The molecule has 0 heterocycles. The van der Waals surface area contributed by atoms with Crippen LogP contribution in [0.4, 0.5) is 4.39 Å². The molecule has 1 rings (SSSR count). The average molecular weight is 168 g/mol. The predicted octanol–water partition coefficient (Wildman–Crippen LogP) is 1.91. The van der Waals surface area contributed by atoms with Gasteiger partial charge in [0.05, 0.1) is 0 Å². The molecule has 0 radical (unpaired) electrons. The molecule has 3 heteroatoms. The second-order valence-electron chi connectivity index (χ2n) is 3.09. The van der Waals surface area contributed by atoms with Crippen molar-refractivity contribution in [3.05, 3.63) is 0 Å². The fourth-order valence-electron chi connectivity index (χ4n) is 1.16. The summed E-state index contributed by atoms with van der Waals surface area (Å²) in [4.78, 5) is 0. The van der Waals surface area contributed by atoms with E-state index in [0.717, 1.165) is 12.8 Å². The zero-order valence-electron chi connectivity index (χ0n) is 6.43. The summed E-state index contributed by atoms with van der Waals surface area (Å²) < 4.78 is 12.2. The summed E-state index contributed by atoms with van der Waals surface area (Å²) >= 11 is 0. The van der Waals surface area contributed by atoms with Gasteiger partial charge in [-0.05, 0) is 12.8 Å². The molecule has 10 heavy (non-hydrogen) atoms. The number of halogens is 2. The lowest BCUT2D eigenvalue weighted by molar-refractivity contribution is 0.150. The topological polar surface area (TPSA) is 12.0 Å². The molecule has 0 aromatic rings. The van der Waals surface area contributed by atoms with Gasteiger partial charge in [0.15, 0.2) is 0 Å². The molecule has 0 unspecified atom stereocenters. The molecule has 1 saturated carbocycles. The highest BCUT2D eigenvalue weighted by atomic mass is 35.5. The van der Waals surface area contributed by atoms with E-state index in [9.17, 15) is 4.39 Å². The summed E-state index contributed by atoms with van der Waals surface area (Å²) in [5.74, 6) is 0. The summed E-state index contributed by atoms with van der Waals surface area (Å²) in [5, 5.41) is 3.27. The number of nitrogens with one attached hydrogen (secondary N) is 1. The molecule has 0 amide bonds. The Hall–Kier alpha value is 0.180. The van der Waals surface area contributed by atoms with E-state index in [2.05, 4.69) is 19.2 Å². The van der Waals surface area contributed by atoms with E-state index in [1.54, 1.807) is 0 Å². The van der Waals surface area contributed by atoms with Gasteiger partial charge in [0.2, 0.25) is 0 Å². The van der Waals surface area contributed by atoms with Gasteiger partial charge < -0.3 is 5.32 Å². The van der Waals surface area contributed by atoms with Gasteiger partial charge in [-0.1, -0.05) is 13.8 Å². The van der Waals surface area contributed by atoms with Crippen molar-refractivity contribution >= 4 is 12.4 Å². The Morgan fingerprint density at radius 3 is 2.20 bits per heavy atom. The first-order valence-electron chi connectivity index (χ1n) is 3.58. The molecule has 0 saturated heterocycles. The molecule has 1 fully saturated rings. The molecule has 0 aliphatic heterocycles. The molecule has 1 N–H and O–H groups in total. The van der Waals surface area contributed by atoms with Gasteiger partial charge in [-0.25, -0.2) is 4.39 Å². The quantitative estimate of drug-likeness (QED) is 0.663. The standard InChI is InChI=1S/C7H14FN.ClH/c1-5(2)9-7-3-6(8)4-7;/h5-7,9H,3-4H2,1-2H3;1H. The smallest absolute Gasteiger partial charge is 0.103 e. The van der Waals surface area contributed by atoms with Gasteiger partial charge in [0.1, 0.15) is 6.17 Å². The van der Waals surface area contributed by atoms with Crippen LogP contribution in [-0.4, -0.2) is 18.3 Å². The molecule has 62 valence electrons. The molecule has 0 atom stereocenters. The third-order valence-electron chi connectivity index (χ3n) is 1.65. The van der Waals surface area contributed by atoms with E-state index >= 15 is 0 Å². The maximum atomic E-state index is 12.2. The second-order valence-corrected chi connectivity index (χ2v) is 3.09. The first-order valence-corrected chi connectivity index (χ1v) is 3.58. The maximum Gasteiger partial charge on any atom is 0.103 e. The molecule has 1 aliphatic carbocycles. The van der Waals surface area contributed by atoms with Crippen molar-refractivity contribution in [2.24, 2.45) is 0 Å². The molecule has 0 spiro atoms. The lowest BCUT2D eigenvalue weighted by atomic mass is 9.90. The molecule has 1 nitrogen and oxygen atoms in total. The van der Waals surface area contributed by atoms with E-state index in [-0.39, 0.29) is 12.4 Å². The predicted molar refractivity (Wildman–Crippen MR) is 43.4 cm³/mol. The lowest BCUT2D eigenvalue weighted by Gasteiger charge is -2.32. The average Bonchev–Trinajstić information content (AvgIpc) is 1.60. The number of rotatable bonds is 2. The van der Waals surface area contributed by atoms with Crippen LogP contribution in [0.1, 0.15) is 26.7 Å². The van der Waals surface area contributed by atoms with Crippen molar-refractivity contribution in [3.63, 3.8) is 0 Å². The van der Waals surface area contributed by atoms with Crippen LogP contribution in [0.2, 0.25) is 0 Å². The fourth-order valence-corrected chi connectivity index (χ4v) is 1.16. The highest BCUT2D eigenvalue weighted by Gasteiger charge is 2.28. The third kappa shape index (κ3) is 2.84. The molecule has 0 aromatic heterocycles. The fraction of sp³-hybridized carbons (Fsp3) is 1.00. The minimum atomic E-state index is -0.527. The Labute approximate surface area is 67.8 Å². The number of alkyl halides is 1. The summed E-state index contributed by atoms with van der Waals surface area (Å²) in [6.45, 7) is 4.18.